The number of aryl methyl sites for hydroxylation is 2. The number of carbonyl (C=O) groups is 1. The molecule has 1 atom stereocenters. The van der Waals surface area contributed by atoms with Crippen LogP contribution in [0.1, 0.15) is 45.1 Å². The molecule has 1 aromatic heterocycles. The van der Waals surface area contributed by atoms with Crippen molar-refractivity contribution >= 4 is 33.0 Å². The molecule has 0 fully saturated rings. The van der Waals surface area contributed by atoms with E-state index in [1.165, 1.54) is 10.4 Å². The maximum Gasteiger partial charge on any atom is 0.170 e. The van der Waals surface area contributed by atoms with E-state index in [2.05, 4.69) is 27.4 Å². The predicted octanol–water partition coefficient (Wildman–Crippen LogP) is 5.12. The number of halogens is 1. The summed E-state index contributed by atoms with van der Waals surface area (Å²) in [6, 6.07) is 8.09. The molecule has 0 spiro atoms. The Morgan fingerprint density at radius 1 is 1.37 bits per heavy atom. The Bertz CT molecular complexity index is 629. The largest absolute Gasteiger partial charge is 0.293 e. The SMILES string of the molecule is Cc1ccc(Br)cc1C(=O)C1CCCc2sccc21. The van der Waals surface area contributed by atoms with E-state index < -0.39 is 0 Å². The van der Waals surface area contributed by atoms with E-state index in [0.717, 1.165) is 34.9 Å². The quantitative estimate of drug-likeness (QED) is 0.696. The highest BCUT2D eigenvalue weighted by atomic mass is 79.9. The molecule has 1 aliphatic carbocycles. The second kappa shape index (κ2) is 5.22. The van der Waals surface area contributed by atoms with Crippen molar-refractivity contribution in [2.24, 2.45) is 0 Å². The van der Waals surface area contributed by atoms with Gasteiger partial charge >= 0.3 is 0 Å². The van der Waals surface area contributed by atoms with Crippen LogP contribution in [0.25, 0.3) is 0 Å². The minimum atomic E-state index is 0.0583. The molecule has 0 aliphatic heterocycles. The summed E-state index contributed by atoms with van der Waals surface area (Å²) in [5.41, 5.74) is 3.19. The van der Waals surface area contributed by atoms with Crippen molar-refractivity contribution in [2.75, 3.05) is 0 Å². The van der Waals surface area contributed by atoms with E-state index in [0.29, 0.717) is 0 Å². The molecule has 1 aromatic carbocycles. The van der Waals surface area contributed by atoms with E-state index in [4.69, 9.17) is 0 Å². The number of hydrogen-bond donors (Lipinski definition) is 0. The molecular weight excluding hydrogens is 320 g/mol. The van der Waals surface area contributed by atoms with Crippen molar-refractivity contribution in [3.05, 3.63) is 55.7 Å². The van der Waals surface area contributed by atoms with Crippen molar-refractivity contribution in [1.82, 2.24) is 0 Å². The summed E-state index contributed by atoms with van der Waals surface area (Å²) in [4.78, 5) is 14.2. The molecule has 0 saturated carbocycles. The van der Waals surface area contributed by atoms with E-state index in [9.17, 15) is 4.79 Å². The number of hydrogen-bond acceptors (Lipinski definition) is 2. The van der Waals surface area contributed by atoms with Gasteiger partial charge in [0.2, 0.25) is 0 Å². The third-order valence-corrected chi connectivity index (χ3v) is 5.32. The molecule has 98 valence electrons. The summed E-state index contributed by atoms with van der Waals surface area (Å²) in [7, 11) is 0. The normalized spacial score (nSPS) is 18.1. The first-order valence-corrected chi connectivity index (χ1v) is 8.20. The standard InChI is InChI=1S/C16H15BrOS/c1-10-5-6-11(17)9-14(10)16(18)13-3-2-4-15-12(13)7-8-19-15/h5-9,13H,2-4H2,1H3. The van der Waals surface area contributed by atoms with Gasteiger partial charge in [-0.15, -0.1) is 11.3 Å². The third-order valence-electron chi connectivity index (χ3n) is 3.83. The van der Waals surface area contributed by atoms with Crippen molar-refractivity contribution in [3.8, 4) is 0 Å². The van der Waals surface area contributed by atoms with Crippen LogP contribution in [0.15, 0.2) is 34.1 Å². The van der Waals surface area contributed by atoms with Gasteiger partial charge in [0.1, 0.15) is 0 Å². The second-order valence-electron chi connectivity index (χ2n) is 5.07. The van der Waals surface area contributed by atoms with Crippen LogP contribution in [0.3, 0.4) is 0 Å². The molecule has 2 aromatic rings. The Morgan fingerprint density at radius 2 is 2.21 bits per heavy atom. The number of ketones is 1. The molecule has 19 heavy (non-hydrogen) atoms. The van der Waals surface area contributed by atoms with Gasteiger partial charge in [-0.2, -0.15) is 0 Å². The fourth-order valence-corrected chi connectivity index (χ4v) is 4.15. The molecule has 3 heteroatoms. The minimum absolute atomic E-state index is 0.0583. The van der Waals surface area contributed by atoms with E-state index in [1.54, 1.807) is 11.3 Å². The molecule has 0 saturated heterocycles. The van der Waals surface area contributed by atoms with Gasteiger partial charge in [-0.25, -0.2) is 0 Å². The maximum atomic E-state index is 12.8. The average Bonchev–Trinajstić information content (AvgIpc) is 2.89. The molecule has 1 heterocycles. The van der Waals surface area contributed by atoms with Gasteiger partial charge in [0.15, 0.2) is 5.78 Å². The zero-order chi connectivity index (χ0) is 13.4. The Labute approximate surface area is 125 Å². The van der Waals surface area contributed by atoms with E-state index >= 15 is 0 Å². The minimum Gasteiger partial charge on any atom is -0.293 e. The first-order valence-electron chi connectivity index (χ1n) is 6.53. The number of Topliss-reactive ketones (excluding diaryl/α,β-unsaturated/α-hetero) is 1. The molecule has 0 radical (unpaired) electrons. The molecule has 3 rings (SSSR count). The Hall–Kier alpha value is -0.930. The van der Waals surface area contributed by atoms with Crippen molar-refractivity contribution in [2.45, 2.75) is 32.1 Å². The monoisotopic (exact) mass is 334 g/mol. The van der Waals surface area contributed by atoms with Crippen LogP contribution in [0.2, 0.25) is 0 Å². The lowest BCUT2D eigenvalue weighted by molar-refractivity contribution is 0.0950. The molecule has 0 bridgehead atoms. The highest BCUT2D eigenvalue weighted by Gasteiger charge is 2.28. The van der Waals surface area contributed by atoms with Crippen LogP contribution < -0.4 is 0 Å². The zero-order valence-corrected chi connectivity index (χ0v) is 13.2. The topological polar surface area (TPSA) is 17.1 Å². The third kappa shape index (κ3) is 2.41. The number of carbonyl (C=O) groups excluding carboxylic acids is 1. The van der Waals surface area contributed by atoms with Crippen molar-refractivity contribution in [1.29, 1.82) is 0 Å². The molecule has 1 unspecified atom stereocenters. The number of thiophene rings is 1. The Balaban J connectivity index is 2.00. The molecule has 0 N–H and O–H groups in total. The van der Waals surface area contributed by atoms with Gasteiger partial charge in [0, 0.05) is 20.8 Å². The van der Waals surface area contributed by atoms with Crippen LogP contribution in [-0.4, -0.2) is 5.78 Å². The zero-order valence-electron chi connectivity index (χ0n) is 10.8. The fraction of sp³-hybridized carbons (Fsp3) is 0.312. The highest BCUT2D eigenvalue weighted by Crippen LogP contribution is 2.37. The lowest BCUT2D eigenvalue weighted by Crippen LogP contribution is -2.18. The smallest absolute Gasteiger partial charge is 0.170 e. The summed E-state index contributed by atoms with van der Waals surface area (Å²) in [5, 5.41) is 2.12. The number of benzene rings is 1. The van der Waals surface area contributed by atoms with Crippen LogP contribution in [-0.2, 0) is 6.42 Å². The van der Waals surface area contributed by atoms with Crippen molar-refractivity contribution < 1.29 is 4.79 Å². The highest BCUT2D eigenvalue weighted by molar-refractivity contribution is 9.10. The lowest BCUT2D eigenvalue weighted by Gasteiger charge is -2.22. The fourth-order valence-electron chi connectivity index (χ4n) is 2.81. The van der Waals surface area contributed by atoms with Gasteiger partial charge in [-0.05, 0) is 60.9 Å². The van der Waals surface area contributed by atoms with E-state index in [-0.39, 0.29) is 11.7 Å². The molecular formula is C16H15BrOS. The van der Waals surface area contributed by atoms with Gasteiger partial charge in [0.25, 0.3) is 0 Å². The van der Waals surface area contributed by atoms with Crippen LogP contribution in [0, 0.1) is 6.92 Å². The average molecular weight is 335 g/mol. The summed E-state index contributed by atoms with van der Waals surface area (Å²) >= 11 is 5.25. The number of fused-ring (bicyclic) bond motifs is 1. The summed E-state index contributed by atoms with van der Waals surface area (Å²) in [6.45, 7) is 2.01. The Morgan fingerprint density at radius 3 is 3.05 bits per heavy atom. The predicted molar refractivity (Wildman–Crippen MR) is 83.2 cm³/mol. The van der Waals surface area contributed by atoms with Gasteiger partial charge in [0.05, 0.1) is 0 Å². The van der Waals surface area contributed by atoms with Crippen LogP contribution in [0.4, 0.5) is 0 Å². The molecule has 1 nitrogen and oxygen atoms in total. The lowest BCUT2D eigenvalue weighted by atomic mass is 9.82. The molecule has 1 aliphatic rings. The summed E-state index contributed by atoms with van der Waals surface area (Å²) in [6.07, 6.45) is 3.24. The Kier molecular flexibility index (Phi) is 3.59. The number of rotatable bonds is 2. The maximum absolute atomic E-state index is 12.8. The molecule has 0 amide bonds. The van der Waals surface area contributed by atoms with Gasteiger partial charge in [-0.3, -0.25) is 4.79 Å². The van der Waals surface area contributed by atoms with Crippen LogP contribution >= 0.6 is 27.3 Å². The first kappa shape index (κ1) is 13.1. The summed E-state index contributed by atoms with van der Waals surface area (Å²) < 4.78 is 0.975. The first-order chi connectivity index (χ1) is 9.16. The van der Waals surface area contributed by atoms with Crippen LogP contribution in [0.5, 0.6) is 0 Å². The van der Waals surface area contributed by atoms with Crippen molar-refractivity contribution in [3.63, 3.8) is 0 Å². The second-order valence-corrected chi connectivity index (χ2v) is 6.98. The van der Waals surface area contributed by atoms with Gasteiger partial charge < -0.3 is 0 Å². The van der Waals surface area contributed by atoms with Gasteiger partial charge in [-0.1, -0.05) is 22.0 Å². The van der Waals surface area contributed by atoms with E-state index in [1.807, 2.05) is 25.1 Å². The summed E-state index contributed by atoms with van der Waals surface area (Å²) in [5.74, 6) is 0.334.